The number of rotatable bonds is 6. The molecule has 3 rings (SSSR count). The van der Waals surface area contributed by atoms with Crippen molar-refractivity contribution in [2.45, 2.75) is 19.8 Å². The molecule has 0 radical (unpaired) electrons. The van der Waals surface area contributed by atoms with Crippen LogP contribution < -0.4 is 4.74 Å². The highest BCUT2D eigenvalue weighted by Gasteiger charge is 2.26. The predicted octanol–water partition coefficient (Wildman–Crippen LogP) is 5.22. The van der Waals surface area contributed by atoms with E-state index in [-0.39, 0.29) is 0 Å². The van der Waals surface area contributed by atoms with Crippen molar-refractivity contribution in [1.29, 1.82) is 0 Å². The third kappa shape index (κ3) is 4.96. The first kappa shape index (κ1) is 20.9. The molecule has 2 aromatic carbocycles. The van der Waals surface area contributed by atoms with E-state index in [0.29, 0.717) is 11.5 Å². The van der Waals surface area contributed by atoms with Crippen LogP contribution in [0.2, 0.25) is 0 Å². The van der Waals surface area contributed by atoms with Gasteiger partial charge in [0.05, 0.1) is 12.7 Å². The van der Waals surface area contributed by atoms with Gasteiger partial charge in [0.25, 0.3) is 0 Å². The number of benzene rings is 2. The van der Waals surface area contributed by atoms with E-state index in [0.717, 1.165) is 30.7 Å². The molecule has 1 N–H and O–H groups in total. The Balaban J connectivity index is 2.08. The van der Waals surface area contributed by atoms with E-state index in [1.807, 2.05) is 18.2 Å². The summed E-state index contributed by atoms with van der Waals surface area (Å²) in [6, 6.07) is 15.4. The Bertz CT molecular complexity index is 956. The van der Waals surface area contributed by atoms with Crippen LogP contribution in [0, 0.1) is 5.92 Å². The largest absolute Gasteiger partial charge is 0.497 e. The lowest BCUT2D eigenvalue weighted by Gasteiger charge is -2.32. The standard InChI is InChI=1S/C25H29NO3/c1-17-19(13-18-7-5-9-21(14-18)25(27)28)11-12-22(16-26(2)3)24(17)20-8-6-10-23(15-20)29-4/h5-10,13-15,22H,11-12,16H2,1-4H3,(H,27,28)/b19-13-. The number of carbonyl (C=O) groups is 1. The van der Waals surface area contributed by atoms with Gasteiger partial charge in [0.2, 0.25) is 0 Å². The third-order valence-corrected chi connectivity index (χ3v) is 5.50. The van der Waals surface area contributed by atoms with Gasteiger partial charge in [-0.15, -0.1) is 0 Å². The maximum atomic E-state index is 11.3. The van der Waals surface area contributed by atoms with Crippen molar-refractivity contribution in [2.24, 2.45) is 5.92 Å². The number of hydrogen-bond donors (Lipinski definition) is 1. The topological polar surface area (TPSA) is 49.8 Å². The summed E-state index contributed by atoms with van der Waals surface area (Å²) in [5.74, 6) is 0.403. The average molecular weight is 392 g/mol. The summed E-state index contributed by atoms with van der Waals surface area (Å²) >= 11 is 0. The zero-order valence-electron chi connectivity index (χ0n) is 17.6. The van der Waals surface area contributed by atoms with E-state index in [1.54, 1.807) is 25.3 Å². The van der Waals surface area contributed by atoms with E-state index in [9.17, 15) is 9.90 Å². The number of nitrogens with zero attached hydrogens (tertiary/aromatic N) is 1. The van der Waals surface area contributed by atoms with Crippen LogP contribution in [0.5, 0.6) is 5.75 Å². The van der Waals surface area contributed by atoms with Crippen LogP contribution in [0.1, 0.15) is 41.3 Å². The fraction of sp³-hybridized carbons (Fsp3) is 0.320. The lowest BCUT2D eigenvalue weighted by atomic mass is 9.76. The summed E-state index contributed by atoms with van der Waals surface area (Å²) in [4.78, 5) is 13.5. The van der Waals surface area contributed by atoms with Gasteiger partial charge in [-0.1, -0.05) is 30.3 Å². The molecule has 0 saturated heterocycles. The molecule has 0 heterocycles. The molecule has 152 valence electrons. The van der Waals surface area contributed by atoms with Crippen molar-refractivity contribution in [2.75, 3.05) is 27.7 Å². The second-order valence-electron chi connectivity index (χ2n) is 7.87. The van der Waals surface area contributed by atoms with Gasteiger partial charge in [-0.2, -0.15) is 0 Å². The molecule has 1 aliphatic carbocycles. The third-order valence-electron chi connectivity index (χ3n) is 5.50. The molecule has 0 aromatic heterocycles. The normalized spacial score (nSPS) is 18.4. The van der Waals surface area contributed by atoms with Gasteiger partial charge >= 0.3 is 5.97 Å². The minimum atomic E-state index is -0.899. The Hall–Kier alpha value is -2.85. The molecule has 0 saturated carbocycles. The smallest absolute Gasteiger partial charge is 0.335 e. The highest BCUT2D eigenvalue weighted by molar-refractivity contribution is 5.88. The van der Waals surface area contributed by atoms with Crippen LogP contribution in [-0.4, -0.2) is 43.7 Å². The van der Waals surface area contributed by atoms with Crippen LogP contribution in [0.15, 0.2) is 59.7 Å². The van der Waals surface area contributed by atoms with Gasteiger partial charge in [0.15, 0.2) is 0 Å². The lowest BCUT2D eigenvalue weighted by Crippen LogP contribution is -2.25. The highest BCUT2D eigenvalue weighted by atomic mass is 16.5. The number of allylic oxidation sites excluding steroid dienone is 2. The summed E-state index contributed by atoms with van der Waals surface area (Å²) in [5, 5.41) is 9.28. The molecule has 0 spiro atoms. The van der Waals surface area contributed by atoms with Crippen molar-refractivity contribution >= 4 is 17.6 Å². The minimum absolute atomic E-state index is 0.315. The molecule has 0 amide bonds. The number of aromatic carboxylic acids is 1. The zero-order valence-corrected chi connectivity index (χ0v) is 17.6. The summed E-state index contributed by atoms with van der Waals surface area (Å²) in [6.45, 7) is 3.18. The Kier molecular flexibility index (Phi) is 6.55. The van der Waals surface area contributed by atoms with E-state index in [1.165, 1.54) is 22.3 Å². The van der Waals surface area contributed by atoms with Gasteiger partial charge in [-0.3, -0.25) is 0 Å². The van der Waals surface area contributed by atoms with Crippen LogP contribution >= 0.6 is 0 Å². The first-order chi connectivity index (χ1) is 13.9. The van der Waals surface area contributed by atoms with Crippen molar-refractivity contribution in [3.63, 3.8) is 0 Å². The highest BCUT2D eigenvalue weighted by Crippen LogP contribution is 2.41. The quantitative estimate of drug-likeness (QED) is 0.733. The Morgan fingerprint density at radius 3 is 2.66 bits per heavy atom. The Morgan fingerprint density at radius 2 is 1.97 bits per heavy atom. The maximum Gasteiger partial charge on any atom is 0.335 e. The van der Waals surface area contributed by atoms with E-state index < -0.39 is 5.97 Å². The fourth-order valence-electron chi connectivity index (χ4n) is 4.15. The lowest BCUT2D eigenvalue weighted by molar-refractivity contribution is 0.0697. The molecule has 4 heteroatoms. The fourth-order valence-corrected chi connectivity index (χ4v) is 4.15. The molecule has 0 bridgehead atoms. The number of ether oxygens (including phenoxy) is 1. The molecule has 1 atom stereocenters. The monoisotopic (exact) mass is 391 g/mol. The molecular formula is C25H29NO3. The van der Waals surface area contributed by atoms with E-state index in [2.05, 4.69) is 44.1 Å². The molecule has 4 nitrogen and oxygen atoms in total. The molecule has 2 aromatic rings. The SMILES string of the molecule is COc1cccc(C2=C(C)/C(=C\c3cccc(C(=O)O)c3)CCC2CN(C)C)c1. The number of methoxy groups -OCH3 is 1. The van der Waals surface area contributed by atoms with Gasteiger partial charge in [-0.25, -0.2) is 4.79 Å². The first-order valence-electron chi connectivity index (χ1n) is 9.93. The molecule has 29 heavy (non-hydrogen) atoms. The summed E-state index contributed by atoms with van der Waals surface area (Å²) in [7, 11) is 5.92. The van der Waals surface area contributed by atoms with Crippen LogP contribution in [0.3, 0.4) is 0 Å². The average Bonchev–Trinajstić information content (AvgIpc) is 2.70. The van der Waals surface area contributed by atoms with Gasteiger partial charge < -0.3 is 14.7 Å². The van der Waals surface area contributed by atoms with Gasteiger partial charge in [0.1, 0.15) is 5.75 Å². The minimum Gasteiger partial charge on any atom is -0.497 e. The second kappa shape index (κ2) is 9.10. The zero-order chi connectivity index (χ0) is 21.0. The predicted molar refractivity (Wildman–Crippen MR) is 118 cm³/mol. The summed E-state index contributed by atoms with van der Waals surface area (Å²) in [5.41, 5.74) is 6.33. The van der Waals surface area contributed by atoms with Crippen LogP contribution in [0.4, 0.5) is 0 Å². The number of hydrogen-bond acceptors (Lipinski definition) is 3. The van der Waals surface area contributed by atoms with Crippen molar-refractivity contribution in [1.82, 2.24) is 4.90 Å². The van der Waals surface area contributed by atoms with Crippen molar-refractivity contribution in [3.05, 3.63) is 76.4 Å². The number of carboxylic acid groups (broad SMARTS) is 1. The first-order valence-corrected chi connectivity index (χ1v) is 9.93. The second-order valence-corrected chi connectivity index (χ2v) is 7.87. The van der Waals surface area contributed by atoms with Gasteiger partial charge in [-0.05, 0) is 91.9 Å². The summed E-state index contributed by atoms with van der Waals surface area (Å²) in [6.07, 6.45) is 4.18. The molecule has 1 unspecified atom stereocenters. The molecule has 0 fully saturated rings. The van der Waals surface area contributed by atoms with Crippen LogP contribution in [-0.2, 0) is 0 Å². The van der Waals surface area contributed by atoms with Crippen molar-refractivity contribution < 1.29 is 14.6 Å². The van der Waals surface area contributed by atoms with E-state index >= 15 is 0 Å². The Labute approximate surface area is 173 Å². The van der Waals surface area contributed by atoms with E-state index in [4.69, 9.17) is 4.74 Å². The van der Waals surface area contributed by atoms with Crippen molar-refractivity contribution in [3.8, 4) is 5.75 Å². The maximum absolute atomic E-state index is 11.3. The van der Waals surface area contributed by atoms with Crippen LogP contribution in [0.25, 0.3) is 11.6 Å². The molecule has 1 aliphatic rings. The molecular weight excluding hydrogens is 362 g/mol. The summed E-state index contributed by atoms with van der Waals surface area (Å²) < 4.78 is 5.45. The molecule has 0 aliphatic heterocycles. The van der Waals surface area contributed by atoms with Gasteiger partial charge in [0, 0.05) is 6.54 Å². The number of carboxylic acids is 1. The Morgan fingerprint density at radius 1 is 1.21 bits per heavy atom.